The number of ether oxygens (including phenoxy) is 1. The van der Waals surface area contributed by atoms with Crippen LogP contribution in [0, 0.1) is 0 Å². The molecule has 0 bridgehead atoms. The molecular formula is C15H18N2O2S. The molecule has 20 heavy (non-hydrogen) atoms. The van der Waals surface area contributed by atoms with E-state index in [1.54, 1.807) is 6.92 Å². The fourth-order valence-corrected chi connectivity index (χ4v) is 2.95. The molecule has 106 valence electrons. The number of hydrogen-bond acceptors (Lipinski definition) is 5. The van der Waals surface area contributed by atoms with Crippen LogP contribution in [0.5, 0.6) is 0 Å². The molecule has 5 heteroatoms. The van der Waals surface area contributed by atoms with Gasteiger partial charge >= 0.3 is 5.97 Å². The lowest BCUT2D eigenvalue weighted by Crippen LogP contribution is -2.05. The van der Waals surface area contributed by atoms with Gasteiger partial charge in [-0.2, -0.15) is 0 Å². The monoisotopic (exact) mass is 290 g/mol. The van der Waals surface area contributed by atoms with Crippen molar-refractivity contribution in [3.05, 3.63) is 40.4 Å². The Bertz CT molecular complexity index is 608. The third-order valence-corrected chi connectivity index (χ3v) is 4.03. The summed E-state index contributed by atoms with van der Waals surface area (Å²) >= 11 is 1.38. The molecule has 0 fully saturated rings. The number of aryl methyl sites for hydroxylation is 1. The van der Waals surface area contributed by atoms with Gasteiger partial charge in [-0.05, 0) is 25.0 Å². The van der Waals surface area contributed by atoms with Crippen LogP contribution in [0.3, 0.4) is 0 Å². The fraction of sp³-hybridized carbons (Fsp3) is 0.333. The average molecular weight is 290 g/mol. The summed E-state index contributed by atoms with van der Waals surface area (Å²) in [6, 6.07) is 7.91. The van der Waals surface area contributed by atoms with E-state index in [0.717, 1.165) is 21.8 Å². The molecule has 0 aliphatic carbocycles. The minimum atomic E-state index is -0.289. The maximum Gasteiger partial charge on any atom is 0.350 e. The van der Waals surface area contributed by atoms with E-state index >= 15 is 0 Å². The van der Waals surface area contributed by atoms with Crippen molar-refractivity contribution in [1.29, 1.82) is 0 Å². The molecule has 0 aliphatic rings. The highest BCUT2D eigenvalue weighted by Gasteiger charge is 2.18. The Morgan fingerprint density at radius 3 is 2.85 bits per heavy atom. The van der Waals surface area contributed by atoms with Gasteiger partial charge in [0, 0.05) is 12.1 Å². The molecule has 2 rings (SSSR count). The second kappa shape index (κ2) is 6.63. The van der Waals surface area contributed by atoms with Gasteiger partial charge in [-0.3, -0.25) is 0 Å². The molecule has 0 unspecified atom stereocenters. The van der Waals surface area contributed by atoms with Crippen molar-refractivity contribution in [2.45, 2.75) is 26.8 Å². The van der Waals surface area contributed by atoms with Gasteiger partial charge in [0.15, 0.2) is 0 Å². The molecule has 2 aromatic rings. The minimum Gasteiger partial charge on any atom is -0.462 e. The predicted molar refractivity (Wildman–Crippen MR) is 80.8 cm³/mol. The summed E-state index contributed by atoms with van der Waals surface area (Å²) in [5, 5.41) is 0.834. The first kappa shape index (κ1) is 14.7. The van der Waals surface area contributed by atoms with E-state index in [1.165, 1.54) is 11.3 Å². The van der Waals surface area contributed by atoms with Gasteiger partial charge in [0.2, 0.25) is 0 Å². The third kappa shape index (κ3) is 3.05. The van der Waals surface area contributed by atoms with Crippen molar-refractivity contribution >= 4 is 17.3 Å². The first-order valence-electron chi connectivity index (χ1n) is 6.65. The highest BCUT2D eigenvalue weighted by molar-refractivity contribution is 7.17. The van der Waals surface area contributed by atoms with E-state index in [4.69, 9.17) is 10.5 Å². The van der Waals surface area contributed by atoms with Crippen LogP contribution < -0.4 is 5.73 Å². The molecule has 1 heterocycles. The van der Waals surface area contributed by atoms with Crippen molar-refractivity contribution in [1.82, 2.24) is 4.98 Å². The average Bonchev–Trinajstić information content (AvgIpc) is 2.92. The third-order valence-electron chi connectivity index (χ3n) is 2.90. The molecule has 0 saturated carbocycles. The maximum absolute atomic E-state index is 11.9. The van der Waals surface area contributed by atoms with Crippen LogP contribution in [-0.4, -0.2) is 17.6 Å². The number of carbonyl (C=O) groups is 1. The van der Waals surface area contributed by atoms with Crippen molar-refractivity contribution in [2.75, 3.05) is 6.61 Å². The Labute approximate surface area is 122 Å². The van der Waals surface area contributed by atoms with Crippen LogP contribution in [0.2, 0.25) is 0 Å². The first-order chi connectivity index (χ1) is 9.69. The van der Waals surface area contributed by atoms with Gasteiger partial charge in [0.1, 0.15) is 9.88 Å². The van der Waals surface area contributed by atoms with Gasteiger partial charge in [0.25, 0.3) is 0 Å². The van der Waals surface area contributed by atoms with Crippen LogP contribution >= 0.6 is 11.3 Å². The van der Waals surface area contributed by atoms with Crippen LogP contribution in [0.1, 0.15) is 34.8 Å². The molecule has 4 nitrogen and oxygen atoms in total. The maximum atomic E-state index is 11.9. The number of carbonyl (C=O) groups excluding carboxylic acids is 1. The van der Waals surface area contributed by atoms with Gasteiger partial charge in [0.05, 0.1) is 12.3 Å². The Morgan fingerprint density at radius 2 is 2.20 bits per heavy atom. The van der Waals surface area contributed by atoms with Crippen molar-refractivity contribution < 1.29 is 9.53 Å². The molecule has 0 amide bonds. The lowest BCUT2D eigenvalue weighted by molar-refractivity contribution is 0.0530. The molecule has 1 aromatic carbocycles. The summed E-state index contributed by atoms with van der Waals surface area (Å²) in [4.78, 5) is 17.1. The summed E-state index contributed by atoms with van der Waals surface area (Å²) < 4.78 is 5.08. The molecule has 2 N–H and O–H groups in total. The van der Waals surface area contributed by atoms with Gasteiger partial charge in [-0.1, -0.05) is 25.1 Å². The molecule has 0 spiro atoms. The number of esters is 1. The number of aromatic nitrogens is 1. The zero-order valence-electron chi connectivity index (χ0n) is 11.7. The van der Waals surface area contributed by atoms with Crippen LogP contribution in [0.15, 0.2) is 24.3 Å². The van der Waals surface area contributed by atoms with Crippen LogP contribution in [0.4, 0.5) is 0 Å². The molecule has 0 atom stereocenters. The van der Waals surface area contributed by atoms with Crippen LogP contribution in [-0.2, 0) is 17.7 Å². The van der Waals surface area contributed by atoms with E-state index < -0.39 is 0 Å². The summed E-state index contributed by atoms with van der Waals surface area (Å²) in [6.07, 6.45) is 0.710. The van der Waals surface area contributed by atoms with E-state index in [1.807, 2.05) is 31.2 Å². The quantitative estimate of drug-likeness (QED) is 0.860. The Kier molecular flexibility index (Phi) is 4.87. The largest absolute Gasteiger partial charge is 0.462 e. The number of thiazole rings is 1. The highest BCUT2D eigenvalue weighted by Crippen LogP contribution is 2.29. The molecular weight excluding hydrogens is 272 g/mol. The summed E-state index contributed by atoms with van der Waals surface area (Å²) in [5.41, 5.74) is 8.49. The topological polar surface area (TPSA) is 65.2 Å². The lowest BCUT2D eigenvalue weighted by Gasteiger charge is -1.99. The Morgan fingerprint density at radius 1 is 1.40 bits per heavy atom. The highest BCUT2D eigenvalue weighted by atomic mass is 32.1. The predicted octanol–water partition coefficient (Wildman–Crippen LogP) is 3.01. The zero-order chi connectivity index (χ0) is 14.5. The van der Waals surface area contributed by atoms with Crippen molar-refractivity contribution in [2.24, 2.45) is 5.73 Å². The van der Waals surface area contributed by atoms with Gasteiger partial charge < -0.3 is 10.5 Å². The number of nitrogens with zero attached hydrogens (tertiary/aromatic N) is 1. The van der Waals surface area contributed by atoms with Crippen LogP contribution in [0.25, 0.3) is 10.6 Å². The van der Waals surface area contributed by atoms with E-state index in [0.29, 0.717) is 24.4 Å². The lowest BCUT2D eigenvalue weighted by atomic mass is 10.1. The summed E-state index contributed by atoms with van der Waals surface area (Å²) in [7, 11) is 0. The SMILES string of the molecule is CCOC(=O)c1sc(-c2cccc(CN)c2)nc1CC. The molecule has 0 aliphatic heterocycles. The second-order valence-corrected chi connectivity index (χ2v) is 5.27. The number of hydrogen-bond donors (Lipinski definition) is 1. The number of benzene rings is 1. The molecule has 0 radical (unpaired) electrons. The molecule has 0 saturated heterocycles. The van der Waals surface area contributed by atoms with E-state index in [2.05, 4.69) is 4.98 Å². The van der Waals surface area contributed by atoms with Gasteiger partial charge in [-0.15, -0.1) is 11.3 Å². The standard InChI is InChI=1S/C15H18N2O2S/c1-3-12-13(15(18)19-4-2)20-14(17-12)11-7-5-6-10(8-11)9-16/h5-8H,3-4,9,16H2,1-2H3. The fourth-order valence-electron chi connectivity index (χ4n) is 1.90. The Hall–Kier alpha value is -1.72. The summed E-state index contributed by atoms with van der Waals surface area (Å²) in [6.45, 7) is 4.65. The molecule has 1 aromatic heterocycles. The Balaban J connectivity index is 2.40. The summed E-state index contributed by atoms with van der Waals surface area (Å²) in [5.74, 6) is -0.289. The van der Waals surface area contributed by atoms with Gasteiger partial charge in [-0.25, -0.2) is 9.78 Å². The number of nitrogens with two attached hydrogens (primary N) is 1. The van der Waals surface area contributed by atoms with Crippen molar-refractivity contribution in [3.63, 3.8) is 0 Å². The second-order valence-electron chi connectivity index (χ2n) is 4.27. The van der Waals surface area contributed by atoms with E-state index in [9.17, 15) is 4.79 Å². The first-order valence-corrected chi connectivity index (χ1v) is 7.47. The van der Waals surface area contributed by atoms with Crippen molar-refractivity contribution in [3.8, 4) is 10.6 Å². The number of rotatable bonds is 5. The normalized spacial score (nSPS) is 10.6. The van der Waals surface area contributed by atoms with E-state index in [-0.39, 0.29) is 5.97 Å². The zero-order valence-corrected chi connectivity index (χ0v) is 12.5. The smallest absolute Gasteiger partial charge is 0.350 e. The minimum absolute atomic E-state index is 0.289.